The van der Waals surface area contributed by atoms with E-state index in [1.807, 2.05) is 35.0 Å². The van der Waals surface area contributed by atoms with Crippen LogP contribution in [0.5, 0.6) is 0 Å². The first-order valence-corrected chi connectivity index (χ1v) is 5.73. The molecule has 18 heavy (non-hydrogen) atoms. The number of benzene rings is 1. The van der Waals surface area contributed by atoms with Crippen molar-refractivity contribution in [2.45, 2.75) is 0 Å². The summed E-state index contributed by atoms with van der Waals surface area (Å²) in [6.07, 6.45) is 9.01. The van der Waals surface area contributed by atoms with E-state index < -0.39 is 0 Å². The molecule has 0 saturated heterocycles. The fourth-order valence-corrected chi connectivity index (χ4v) is 2.09. The van der Waals surface area contributed by atoms with E-state index in [1.54, 1.807) is 12.3 Å². The van der Waals surface area contributed by atoms with Crippen molar-refractivity contribution in [1.29, 1.82) is 0 Å². The van der Waals surface area contributed by atoms with Gasteiger partial charge in [-0.05, 0) is 23.7 Å². The summed E-state index contributed by atoms with van der Waals surface area (Å²) in [6.45, 7) is 0. The van der Waals surface area contributed by atoms with Crippen molar-refractivity contribution in [3.8, 4) is 18.2 Å². The third-order valence-electron chi connectivity index (χ3n) is 2.73. The highest BCUT2D eigenvalue weighted by Gasteiger charge is 2.08. The van der Waals surface area contributed by atoms with Crippen molar-refractivity contribution >= 4 is 22.5 Å². The average molecular weight is 254 g/mol. The Morgan fingerprint density at radius 2 is 2.06 bits per heavy atom. The van der Waals surface area contributed by atoms with Crippen molar-refractivity contribution in [1.82, 2.24) is 14.5 Å². The van der Waals surface area contributed by atoms with Gasteiger partial charge in [0.25, 0.3) is 0 Å². The number of para-hydroxylation sites is 1. The van der Waals surface area contributed by atoms with E-state index in [9.17, 15) is 0 Å². The Bertz CT molecular complexity index is 768. The molecule has 0 bridgehead atoms. The average Bonchev–Trinajstić information content (AvgIpc) is 2.77. The van der Waals surface area contributed by atoms with Crippen LogP contribution in [0.2, 0.25) is 5.28 Å². The minimum Gasteiger partial charge on any atom is -0.300 e. The van der Waals surface area contributed by atoms with Crippen LogP contribution in [0.15, 0.2) is 42.7 Å². The molecule has 0 saturated carbocycles. The Hall–Kier alpha value is -2.31. The molecule has 0 N–H and O–H groups in total. The molecule has 3 nitrogen and oxygen atoms in total. The largest absolute Gasteiger partial charge is 0.300 e. The third kappa shape index (κ3) is 1.64. The van der Waals surface area contributed by atoms with Crippen LogP contribution in [0.1, 0.15) is 5.56 Å². The fraction of sp³-hybridized carbons (Fsp3) is 0. The van der Waals surface area contributed by atoms with E-state index in [-0.39, 0.29) is 5.28 Å². The molecule has 0 atom stereocenters. The number of aromatic nitrogens is 3. The first kappa shape index (κ1) is 10.8. The second-order valence-corrected chi connectivity index (χ2v) is 4.10. The second-order valence-electron chi connectivity index (χ2n) is 3.76. The van der Waals surface area contributed by atoms with Gasteiger partial charge in [0.2, 0.25) is 5.28 Å². The molecule has 4 heteroatoms. The van der Waals surface area contributed by atoms with Gasteiger partial charge in [0, 0.05) is 17.8 Å². The van der Waals surface area contributed by atoms with Gasteiger partial charge in [0.15, 0.2) is 0 Å². The first-order valence-electron chi connectivity index (χ1n) is 5.35. The van der Waals surface area contributed by atoms with Gasteiger partial charge < -0.3 is 0 Å². The minimum absolute atomic E-state index is 0.215. The quantitative estimate of drug-likeness (QED) is 0.493. The molecule has 3 aromatic rings. The SMILES string of the molecule is C#Cc1cn(-c2ccnc(Cl)n2)c2ccccc12. The van der Waals surface area contributed by atoms with Gasteiger partial charge in [-0.15, -0.1) is 6.42 Å². The number of nitrogens with zero attached hydrogens (tertiary/aromatic N) is 3. The van der Waals surface area contributed by atoms with Gasteiger partial charge in [0.05, 0.1) is 11.1 Å². The molecule has 0 aliphatic rings. The van der Waals surface area contributed by atoms with Crippen LogP contribution >= 0.6 is 11.6 Å². The lowest BCUT2D eigenvalue weighted by molar-refractivity contribution is 1.01. The van der Waals surface area contributed by atoms with Gasteiger partial charge in [0.1, 0.15) is 5.82 Å². The lowest BCUT2D eigenvalue weighted by Crippen LogP contribution is -1.96. The monoisotopic (exact) mass is 253 g/mol. The van der Waals surface area contributed by atoms with Gasteiger partial charge in [-0.25, -0.2) is 4.98 Å². The molecule has 2 heterocycles. The van der Waals surface area contributed by atoms with E-state index in [0.717, 1.165) is 16.5 Å². The number of fused-ring (bicyclic) bond motifs is 1. The Balaban J connectivity index is 2.34. The Morgan fingerprint density at radius 3 is 2.83 bits per heavy atom. The summed E-state index contributed by atoms with van der Waals surface area (Å²) in [5.74, 6) is 3.38. The number of hydrogen-bond donors (Lipinski definition) is 0. The van der Waals surface area contributed by atoms with E-state index in [0.29, 0.717) is 5.82 Å². The highest BCUT2D eigenvalue weighted by atomic mass is 35.5. The van der Waals surface area contributed by atoms with Crippen molar-refractivity contribution in [3.05, 3.63) is 53.6 Å². The third-order valence-corrected chi connectivity index (χ3v) is 2.91. The van der Waals surface area contributed by atoms with Gasteiger partial charge in [-0.3, -0.25) is 4.57 Å². The minimum atomic E-state index is 0.215. The Labute approximate surface area is 109 Å². The van der Waals surface area contributed by atoms with Crippen LogP contribution in [-0.4, -0.2) is 14.5 Å². The first-order chi connectivity index (χ1) is 8.79. The van der Waals surface area contributed by atoms with Crippen molar-refractivity contribution < 1.29 is 0 Å². The summed E-state index contributed by atoms with van der Waals surface area (Å²) >= 11 is 5.81. The van der Waals surface area contributed by atoms with Crippen LogP contribution in [0.25, 0.3) is 16.7 Å². The molecular formula is C14H8ClN3. The zero-order valence-electron chi connectivity index (χ0n) is 9.34. The van der Waals surface area contributed by atoms with Crippen molar-refractivity contribution in [3.63, 3.8) is 0 Å². The molecule has 0 aliphatic carbocycles. The molecule has 2 aromatic heterocycles. The molecule has 0 radical (unpaired) electrons. The Morgan fingerprint density at radius 1 is 1.22 bits per heavy atom. The van der Waals surface area contributed by atoms with Crippen molar-refractivity contribution in [2.75, 3.05) is 0 Å². The number of rotatable bonds is 1. The summed E-state index contributed by atoms with van der Waals surface area (Å²) in [5.41, 5.74) is 1.83. The molecule has 0 unspecified atom stereocenters. The number of halogens is 1. The van der Waals surface area contributed by atoms with E-state index in [1.165, 1.54) is 0 Å². The smallest absolute Gasteiger partial charge is 0.224 e. The van der Waals surface area contributed by atoms with Crippen LogP contribution in [0, 0.1) is 12.3 Å². The zero-order chi connectivity index (χ0) is 12.5. The van der Waals surface area contributed by atoms with Crippen LogP contribution in [0.3, 0.4) is 0 Å². The van der Waals surface area contributed by atoms with E-state index in [2.05, 4.69) is 15.9 Å². The number of hydrogen-bond acceptors (Lipinski definition) is 2. The maximum atomic E-state index is 5.81. The number of terminal acetylenes is 1. The topological polar surface area (TPSA) is 30.7 Å². The molecule has 3 rings (SSSR count). The summed E-state index contributed by atoms with van der Waals surface area (Å²) in [4.78, 5) is 8.06. The molecule has 0 aliphatic heterocycles. The predicted octanol–water partition coefficient (Wildman–Crippen LogP) is 3.06. The van der Waals surface area contributed by atoms with E-state index >= 15 is 0 Å². The Kier molecular flexibility index (Phi) is 2.51. The summed E-state index contributed by atoms with van der Waals surface area (Å²) < 4.78 is 1.91. The summed E-state index contributed by atoms with van der Waals surface area (Å²) in [7, 11) is 0. The van der Waals surface area contributed by atoms with Crippen LogP contribution < -0.4 is 0 Å². The predicted molar refractivity (Wildman–Crippen MR) is 71.8 cm³/mol. The lowest BCUT2D eigenvalue weighted by Gasteiger charge is -2.03. The lowest BCUT2D eigenvalue weighted by atomic mass is 10.2. The molecule has 86 valence electrons. The molecular weight excluding hydrogens is 246 g/mol. The highest BCUT2D eigenvalue weighted by Crippen LogP contribution is 2.23. The molecule has 1 aromatic carbocycles. The zero-order valence-corrected chi connectivity index (χ0v) is 10.1. The fourth-order valence-electron chi connectivity index (χ4n) is 1.94. The summed E-state index contributed by atoms with van der Waals surface area (Å²) in [6, 6.07) is 9.69. The molecule has 0 spiro atoms. The highest BCUT2D eigenvalue weighted by molar-refractivity contribution is 6.28. The van der Waals surface area contributed by atoms with Crippen LogP contribution in [-0.2, 0) is 0 Å². The maximum Gasteiger partial charge on any atom is 0.224 e. The molecule has 0 fully saturated rings. The van der Waals surface area contributed by atoms with Gasteiger partial charge >= 0.3 is 0 Å². The second kappa shape index (κ2) is 4.17. The van der Waals surface area contributed by atoms with Gasteiger partial charge in [-0.1, -0.05) is 24.1 Å². The molecule has 0 amide bonds. The maximum absolute atomic E-state index is 5.81. The van der Waals surface area contributed by atoms with Crippen molar-refractivity contribution in [2.24, 2.45) is 0 Å². The standard InChI is InChI=1S/C14H8ClN3/c1-2-10-9-18(12-6-4-3-5-11(10)12)13-7-8-16-14(15)17-13/h1,3-9H. The summed E-state index contributed by atoms with van der Waals surface area (Å²) in [5, 5.41) is 1.24. The normalized spacial score (nSPS) is 10.4. The van der Waals surface area contributed by atoms with Gasteiger partial charge in [-0.2, -0.15) is 4.98 Å². The van der Waals surface area contributed by atoms with Crippen LogP contribution in [0.4, 0.5) is 0 Å². The van der Waals surface area contributed by atoms with E-state index in [4.69, 9.17) is 18.0 Å².